The first-order chi connectivity index (χ1) is 12.9. The van der Waals surface area contributed by atoms with E-state index in [0.29, 0.717) is 6.61 Å². The predicted octanol–water partition coefficient (Wildman–Crippen LogP) is 3.18. The van der Waals surface area contributed by atoms with Gasteiger partial charge in [-0.15, -0.1) is 0 Å². The smallest absolute Gasteiger partial charge is 0.191 e. The van der Waals surface area contributed by atoms with Gasteiger partial charge in [0.1, 0.15) is 0 Å². The topological polar surface area (TPSA) is 58.5 Å². The normalized spacial score (nSPS) is 11.3. The highest BCUT2D eigenvalue weighted by Crippen LogP contribution is 2.01. The molecule has 1 aromatic carbocycles. The number of hydrogen-bond acceptors (Lipinski definition) is 3. The molecule has 0 bridgehead atoms. The van der Waals surface area contributed by atoms with Crippen LogP contribution >= 0.6 is 0 Å². The fourth-order valence-electron chi connectivity index (χ4n) is 2.47. The second-order valence-electron chi connectivity index (χ2n) is 6.00. The maximum Gasteiger partial charge on any atom is 0.191 e. The molecule has 0 fully saturated rings. The molecule has 0 amide bonds. The van der Waals surface area contributed by atoms with Crippen molar-refractivity contribution in [2.45, 2.75) is 32.8 Å². The number of guanidine groups is 1. The number of ether oxygens (including phenoxy) is 1. The van der Waals surface area contributed by atoms with Gasteiger partial charge in [-0.1, -0.05) is 36.4 Å². The van der Waals surface area contributed by atoms with E-state index in [1.54, 1.807) is 0 Å². The third-order valence-electron chi connectivity index (χ3n) is 3.82. The molecule has 26 heavy (non-hydrogen) atoms. The van der Waals surface area contributed by atoms with E-state index in [-0.39, 0.29) is 0 Å². The number of unbranched alkanes of at least 4 members (excludes halogenated alkanes) is 1. The van der Waals surface area contributed by atoms with E-state index in [9.17, 15) is 0 Å². The lowest BCUT2D eigenvalue weighted by atomic mass is 10.2. The molecular formula is C21H30N4O. The van der Waals surface area contributed by atoms with Crippen molar-refractivity contribution in [1.82, 2.24) is 15.6 Å². The Morgan fingerprint density at radius 2 is 1.88 bits per heavy atom. The highest BCUT2D eigenvalue weighted by Gasteiger charge is 1.98. The van der Waals surface area contributed by atoms with Gasteiger partial charge in [0.2, 0.25) is 0 Å². The van der Waals surface area contributed by atoms with Crippen LogP contribution in [0.3, 0.4) is 0 Å². The summed E-state index contributed by atoms with van der Waals surface area (Å²) >= 11 is 0. The molecule has 140 valence electrons. The fourth-order valence-corrected chi connectivity index (χ4v) is 2.47. The molecule has 0 saturated carbocycles. The van der Waals surface area contributed by atoms with E-state index in [2.05, 4.69) is 39.7 Å². The first-order valence-electron chi connectivity index (χ1n) is 9.42. The molecule has 0 aliphatic heterocycles. The van der Waals surface area contributed by atoms with Crippen molar-refractivity contribution in [3.05, 3.63) is 66.0 Å². The summed E-state index contributed by atoms with van der Waals surface area (Å²) in [4.78, 5) is 8.95. The third-order valence-corrected chi connectivity index (χ3v) is 3.82. The molecule has 0 aliphatic rings. The Bertz CT molecular complexity index is 616. The van der Waals surface area contributed by atoms with E-state index in [1.165, 1.54) is 5.56 Å². The molecule has 0 spiro atoms. The highest BCUT2D eigenvalue weighted by molar-refractivity contribution is 5.79. The number of hydrogen-bond donors (Lipinski definition) is 2. The number of nitrogens with zero attached hydrogens (tertiary/aromatic N) is 2. The molecule has 0 aliphatic carbocycles. The summed E-state index contributed by atoms with van der Waals surface area (Å²) in [7, 11) is 0. The Morgan fingerprint density at radius 3 is 2.65 bits per heavy atom. The van der Waals surface area contributed by atoms with Gasteiger partial charge in [-0.25, -0.2) is 0 Å². The van der Waals surface area contributed by atoms with E-state index in [4.69, 9.17) is 4.74 Å². The molecule has 0 radical (unpaired) electrons. The number of benzene rings is 1. The molecule has 0 saturated heterocycles. The molecule has 1 aromatic heterocycles. The largest absolute Gasteiger partial charge is 0.377 e. The summed E-state index contributed by atoms with van der Waals surface area (Å²) in [5.74, 6) is 0.869. The summed E-state index contributed by atoms with van der Waals surface area (Å²) < 4.78 is 5.70. The Balaban J connectivity index is 1.57. The average molecular weight is 354 g/mol. The molecule has 5 heteroatoms. The number of aromatic nitrogens is 1. The molecular weight excluding hydrogens is 324 g/mol. The van der Waals surface area contributed by atoms with Crippen molar-refractivity contribution >= 4 is 5.96 Å². The summed E-state index contributed by atoms with van der Waals surface area (Å²) in [6.07, 6.45) is 4.75. The molecule has 2 aromatic rings. The zero-order chi connectivity index (χ0) is 18.3. The molecule has 0 atom stereocenters. The van der Waals surface area contributed by atoms with Crippen LogP contribution in [0.1, 0.15) is 31.0 Å². The molecule has 5 nitrogen and oxygen atoms in total. The Labute approximate surface area is 156 Å². The van der Waals surface area contributed by atoms with Crippen LogP contribution in [0.2, 0.25) is 0 Å². The van der Waals surface area contributed by atoms with E-state index >= 15 is 0 Å². The zero-order valence-corrected chi connectivity index (χ0v) is 15.7. The maximum absolute atomic E-state index is 5.70. The van der Waals surface area contributed by atoms with Crippen molar-refractivity contribution in [2.75, 3.05) is 26.2 Å². The van der Waals surface area contributed by atoms with Gasteiger partial charge in [-0.05, 0) is 37.5 Å². The maximum atomic E-state index is 5.70. The van der Waals surface area contributed by atoms with Crippen molar-refractivity contribution in [3.63, 3.8) is 0 Å². The predicted molar refractivity (Wildman–Crippen MR) is 107 cm³/mol. The standard InChI is InChI=1S/C21H30N4O/c1-2-22-21(25-16-13-20-12-6-7-14-23-20)24-15-8-9-17-26-18-19-10-4-3-5-11-19/h3-7,10-12,14H,2,8-9,13,15-18H2,1H3,(H2,22,24,25). The van der Waals surface area contributed by atoms with Crippen LogP contribution in [-0.2, 0) is 17.8 Å². The quantitative estimate of drug-likeness (QED) is 0.370. The van der Waals surface area contributed by atoms with Crippen LogP contribution in [0.25, 0.3) is 0 Å². The molecule has 1 heterocycles. The lowest BCUT2D eigenvalue weighted by molar-refractivity contribution is 0.117. The lowest BCUT2D eigenvalue weighted by Crippen LogP contribution is -2.38. The third kappa shape index (κ3) is 8.62. The number of nitrogens with one attached hydrogen (secondary N) is 2. The van der Waals surface area contributed by atoms with Crippen LogP contribution < -0.4 is 10.6 Å². The van der Waals surface area contributed by atoms with Crippen LogP contribution in [0.5, 0.6) is 0 Å². The summed E-state index contributed by atoms with van der Waals surface area (Å²) in [6.45, 7) is 6.01. The second-order valence-corrected chi connectivity index (χ2v) is 6.00. The minimum atomic E-state index is 0.682. The first-order valence-corrected chi connectivity index (χ1v) is 9.42. The van der Waals surface area contributed by atoms with Crippen LogP contribution in [0.15, 0.2) is 59.7 Å². The molecule has 2 N–H and O–H groups in total. The molecule has 0 unspecified atom stereocenters. The SMILES string of the molecule is CCNC(=NCCCCOCc1ccccc1)NCCc1ccccn1. The van der Waals surface area contributed by atoms with Crippen molar-refractivity contribution in [3.8, 4) is 0 Å². The first kappa shape index (κ1) is 19.9. The Morgan fingerprint density at radius 1 is 1.04 bits per heavy atom. The summed E-state index contributed by atoms with van der Waals surface area (Å²) in [5.41, 5.74) is 2.31. The van der Waals surface area contributed by atoms with Crippen molar-refractivity contribution < 1.29 is 4.74 Å². The van der Waals surface area contributed by atoms with Crippen molar-refractivity contribution in [1.29, 1.82) is 0 Å². The van der Waals surface area contributed by atoms with Gasteiger partial charge in [0.15, 0.2) is 5.96 Å². The minimum Gasteiger partial charge on any atom is -0.377 e. The van der Waals surface area contributed by atoms with Gasteiger partial charge >= 0.3 is 0 Å². The lowest BCUT2D eigenvalue weighted by Gasteiger charge is -2.11. The van der Waals surface area contributed by atoms with E-state index in [0.717, 1.165) is 57.2 Å². The van der Waals surface area contributed by atoms with Gasteiger partial charge < -0.3 is 15.4 Å². The van der Waals surface area contributed by atoms with Crippen LogP contribution in [0, 0.1) is 0 Å². The van der Waals surface area contributed by atoms with Crippen LogP contribution in [-0.4, -0.2) is 37.2 Å². The minimum absolute atomic E-state index is 0.682. The van der Waals surface area contributed by atoms with Gasteiger partial charge in [0, 0.05) is 44.6 Å². The van der Waals surface area contributed by atoms with E-state index in [1.807, 2.05) is 42.6 Å². The van der Waals surface area contributed by atoms with Crippen molar-refractivity contribution in [2.24, 2.45) is 4.99 Å². The van der Waals surface area contributed by atoms with Crippen LogP contribution in [0.4, 0.5) is 0 Å². The second kappa shape index (κ2) is 12.9. The van der Waals surface area contributed by atoms with Gasteiger partial charge in [-0.2, -0.15) is 0 Å². The Hall–Kier alpha value is -2.40. The zero-order valence-electron chi connectivity index (χ0n) is 15.7. The fraction of sp³-hybridized carbons (Fsp3) is 0.429. The Kier molecular flexibility index (Phi) is 9.88. The highest BCUT2D eigenvalue weighted by atomic mass is 16.5. The monoisotopic (exact) mass is 354 g/mol. The number of rotatable bonds is 11. The number of aliphatic imine (C=N–C) groups is 1. The number of pyridine rings is 1. The van der Waals surface area contributed by atoms with Gasteiger partial charge in [0.25, 0.3) is 0 Å². The van der Waals surface area contributed by atoms with E-state index < -0.39 is 0 Å². The van der Waals surface area contributed by atoms with Gasteiger partial charge in [0.05, 0.1) is 6.61 Å². The average Bonchev–Trinajstić information content (AvgIpc) is 2.69. The summed E-state index contributed by atoms with van der Waals surface area (Å²) in [5, 5.41) is 6.64. The molecule has 2 rings (SSSR count). The van der Waals surface area contributed by atoms with Gasteiger partial charge in [-0.3, -0.25) is 9.98 Å². The summed E-state index contributed by atoms with van der Waals surface area (Å²) in [6, 6.07) is 16.3.